The Balaban J connectivity index is 0.00000208. The molecule has 24 heavy (non-hydrogen) atoms. The van der Waals surface area contributed by atoms with Crippen molar-refractivity contribution in [3.8, 4) is 0 Å². The van der Waals surface area contributed by atoms with E-state index in [1.165, 1.54) is 0 Å². The Morgan fingerprint density at radius 3 is 2.46 bits per heavy atom. The molecule has 132 valence electrons. The Morgan fingerprint density at radius 2 is 1.79 bits per heavy atom. The molecule has 2 saturated heterocycles. The number of nitrogens with zero attached hydrogens (tertiary/aromatic N) is 2. The van der Waals surface area contributed by atoms with E-state index >= 15 is 0 Å². The predicted molar refractivity (Wildman–Crippen MR) is 95.9 cm³/mol. The van der Waals surface area contributed by atoms with Crippen molar-refractivity contribution < 1.29 is 9.59 Å². The van der Waals surface area contributed by atoms with E-state index in [2.05, 4.69) is 0 Å². The number of rotatable bonds is 3. The topological polar surface area (TPSA) is 66.6 Å². The van der Waals surface area contributed by atoms with E-state index in [1.54, 1.807) is 0 Å². The standard InChI is InChI=1S/C18H25N3O2.ClH/c19-16-8-10-21(13-16)18(23)15-7-4-9-20(12-15)17(22)11-14-5-2-1-3-6-14;/h1-3,5-6,15-16H,4,7-13,19H2;1H/t15?,16-;/m1./s1. The van der Waals surface area contributed by atoms with Gasteiger partial charge in [0.05, 0.1) is 12.3 Å². The lowest BCUT2D eigenvalue weighted by molar-refractivity contribution is -0.139. The average Bonchev–Trinajstić information content (AvgIpc) is 3.01. The number of carbonyl (C=O) groups is 2. The summed E-state index contributed by atoms with van der Waals surface area (Å²) in [5.74, 6) is 0.232. The molecule has 0 aliphatic carbocycles. The lowest BCUT2D eigenvalue weighted by Crippen LogP contribution is -2.47. The number of hydrogen-bond donors (Lipinski definition) is 1. The summed E-state index contributed by atoms with van der Waals surface area (Å²) in [5, 5.41) is 0. The number of carbonyl (C=O) groups excluding carboxylic acids is 2. The maximum atomic E-state index is 12.6. The zero-order valence-corrected chi connectivity index (χ0v) is 14.7. The molecular weight excluding hydrogens is 326 g/mol. The zero-order valence-electron chi connectivity index (χ0n) is 13.9. The Hall–Kier alpha value is -1.59. The molecule has 0 radical (unpaired) electrons. The van der Waals surface area contributed by atoms with Gasteiger partial charge in [-0.1, -0.05) is 30.3 Å². The van der Waals surface area contributed by atoms with Gasteiger partial charge in [-0.05, 0) is 24.8 Å². The summed E-state index contributed by atoms with van der Waals surface area (Å²) < 4.78 is 0. The fraction of sp³-hybridized carbons (Fsp3) is 0.556. The fourth-order valence-electron chi connectivity index (χ4n) is 3.53. The van der Waals surface area contributed by atoms with Crippen molar-refractivity contribution >= 4 is 24.2 Å². The van der Waals surface area contributed by atoms with E-state index in [0.717, 1.165) is 37.9 Å². The minimum absolute atomic E-state index is 0. The van der Waals surface area contributed by atoms with E-state index in [-0.39, 0.29) is 36.2 Å². The van der Waals surface area contributed by atoms with Crippen LogP contribution in [0.3, 0.4) is 0 Å². The van der Waals surface area contributed by atoms with Gasteiger partial charge in [-0.25, -0.2) is 0 Å². The van der Waals surface area contributed by atoms with Gasteiger partial charge in [0.2, 0.25) is 11.8 Å². The van der Waals surface area contributed by atoms with Crippen molar-refractivity contribution in [3.63, 3.8) is 0 Å². The molecule has 0 spiro atoms. The van der Waals surface area contributed by atoms with Gasteiger partial charge in [0.15, 0.2) is 0 Å². The van der Waals surface area contributed by atoms with E-state index in [1.807, 2.05) is 40.1 Å². The molecule has 1 unspecified atom stereocenters. The normalized spacial score (nSPS) is 23.7. The van der Waals surface area contributed by atoms with Crippen LogP contribution >= 0.6 is 12.4 Å². The summed E-state index contributed by atoms with van der Waals surface area (Å²) in [6.45, 7) is 2.73. The minimum Gasteiger partial charge on any atom is -0.342 e. The SMILES string of the molecule is Cl.N[C@@H]1CCN(C(=O)C2CCCN(C(=O)Cc3ccccc3)C2)C1. The summed E-state index contributed by atoms with van der Waals surface area (Å²) >= 11 is 0. The highest BCUT2D eigenvalue weighted by molar-refractivity contribution is 5.85. The Kier molecular flexibility index (Phi) is 6.63. The largest absolute Gasteiger partial charge is 0.342 e. The van der Waals surface area contributed by atoms with E-state index in [9.17, 15) is 9.59 Å². The molecule has 1 aromatic carbocycles. The van der Waals surface area contributed by atoms with Gasteiger partial charge in [0, 0.05) is 32.2 Å². The first-order valence-corrected chi connectivity index (χ1v) is 8.49. The average molecular weight is 352 g/mol. The molecule has 2 N–H and O–H groups in total. The van der Waals surface area contributed by atoms with Crippen LogP contribution in [-0.2, 0) is 16.0 Å². The van der Waals surface area contributed by atoms with Crippen LogP contribution in [0.25, 0.3) is 0 Å². The molecule has 2 aliphatic heterocycles. The van der Waals surface area contributed by atoms with E-state index in [0.29, 0.717) is 19.5 Å². The Morgan fingerprint density at radius 1 is 1.04 bits per heavy atom. The second-order valence-electron chi connectivity index (χ2n) is 6.67. The summed E-state index contributed by atoms with van der Waals surface area (Å²) in [7, 11) is 0. The van der Waals surface area contributed by atoms with Gasteiger partial charge < -0.3 is 15.5 Å². The molecule has 2 heterocycles. The molecule has 2 amide bonds. The highest BCUT2D eigenvalue weighted by atomic mass is 35.5. The third kappa shape index (κ3) is 4.48. The Labute approximate surface area is 149 Å². The van der Waals surface area contributed by atoms with Crippen molar-refractivity contribution in [3.05, 3.63) is 35.9 Å². The van der Waals surface area contributed by atoms with Crippen molar-refractivity contribution in [1.29, 1.82) is 0 Å². The van der Waals surface area contributed by atoms with Gasteiger partial charge in [-0.3, -0.25) is 9.59 Å². The van der Waals surface area contributed by atoms with Crippen LogP contribution in [0.1, 0.15) is 24.8 Å². The summed E-state index contributed by atoms with van der Waals surface area (Å²) in [5.41, 5.74) is 6.92. The van der Waals surface area contributed by atoms with Crippen LogP contribution in [0.4, 0.5) is 0 Å². The van der Waals surface area contributed by atoms with Gasteiger partial charge >= 0.3 is 0 Å². The Bertz CT molecular complexity index is 567. The summed E-state index contributed by atoms with van der Waals surface area (Å²) in [6, 6.07) is 9.89. The monoisotopic (exact) mass is 351 g/mol. The van der Waals surface area contributed by atoms with Crippen molar-refractivity contribution in [2.45, 2.75) is 31.7 Å². The maximum absolute atomic E-state index is 12.6. The first kappa shape index (κ1) is 18.7. The number of amides is 2. The molecule has 0 aromatic heterocycles. The second kappa shape index (κ2) is 8.49. The highest BCUT2D eigenvalue weighted by Gasteiger charge is 2.33. The molecular formula is C18H26ClN3O2. The van der Waals surface area contributed by atoms with Gasteiger partial charge in [-0.2, -0.15) is 0 Å². The molecule has 6 heteroatoms. The molecule has 1 aromatic rings. The smallest absolute Gasteiger partial charge is 0.227 e. The molecule has 0 bridgehead atoms. The third-order valence-corrected chi connectivity index (χ3v) is 4.86. The number of halogens is 1. The molecule has 2 atom stereocenters. The molecule has 5 nitrogen and oxygen atoms in total. The van der Waals surface area contributed by atoms with Gasteiger partial charge in [0.1, 0.15) is 0 Å². The van der Waals surface area contributed by atoms with Gasteiger partial charge in [0.25, 0.3) is 0 Å². The van der Waals surface area contributed by atoms with Crippen molar-refractivity contribution in [1.82, 2.24) is 9.80 Å². The lowest BCUT2D eigenvalue weighted by Gasteiger charge is -2.34. The molecule has 0 saturated carbocycles. The first-order valence-electron chi connectivity index (χ1n) is 8.49. The minimum atomic E-state index is -0.0613. The third-order valence-electron chi connectivity index (χ3n) is 4.86. The molecule has 2 aliphatic rings. The van der Waals surface area contributed by atoms with Crippen molar-refractivity contribution in [2.75, 3.05) is 26.2 Å². The zero-order chi connectivity index (χ0) is 16.2. The van der Waals surface area contributed by atoms with Gasteiger partial charge in [-0.15, -0.1) is 12.4 Å². The first-order chi connectivity index (χ1) is 11.1. The number of piperidine rings is 1. The second-order valence-corrected chi connectivity index (χ2v) is 6.67. The van der Waals surface area contributed by atoms with Crippen LogP contribution in [0.5, 0.6) is 0 Å². The summed E-state index contributed by atoms with van der Waals surface area (Å²) in [4.78, 5) is 28.8. The van der Waals surface area contributed by atoms with Crippen LogP contribution in [0.15, 0.2) is 30.3 Å². The quantitative estimate of drug-likeness (QED) is 0.896. The lowest BCUT2D eigenvalue weighted by atomic mass is 9.96. The molecule has 3 rings (SSSR count). The van der Waals surface area contributed by atoms with Crippen molar-refractivity contribution in [2.24, 2.45) is 11.7 Å². The van der Waals surface area contributed by atoms with Crippen LogP contribution in [0.2, 0.25) is 0 Å². The number of nitrogens with two attached hydrogens (primary N) is 1. The number of likely N-dealkylation sites (tertiary alicyclic amines) is 2. The predicted octanol–water partition coefficient (Wildman–Crippen LogP) is 1.45. The fourth-order valence-corrected chi connectivity index (χ4v) is 3.53. The molecule has 2 fully saturated rings. The van der Waals surface area contributed by atoms with Crippen LogP contribution in [0, 0.1) is 5.92 Å². The maximum Gasteiger partial charge on any atom is 0.227 e. The number of hydrogen-bond acceptors (Lipinski definition) is 3. The van der Waals surface area contributed by atoms with E-state index in [4.69, 9.17) is 5.73 Å². The van der Waals surface area contributed by atoms with Crippen LogP contribution < -0.4 is 5.73 Å². The highest BCUT2D eigenvalue weighted by Crippen LogP contribution is 2.21. The van der Waals surface area contributed by atoms with E-state index < -0.39 is 0 Å². The summed E-state index contributed by atoms with van der Waals surface area (Å²) in [6.07, 6.45) is 3.07. The van der Waals surface area contributed by atoms with Crippen LogP contribution in [-0.4, -0.2) is 53.8 Å². The number of benzene rings is 1.